The van der Waals surface area contributed by atoms with Gasteiger partial charge >= 0.3 is 0 Å². The number of nitrogens with one attached hydrogen (secondary N) is 1. The minimum absolute atomic E-state index is 0.0328. The lowest BCUT2D eigenvalue weighted by molar-refractivity contribution is -0.142. The summed E-state index contributed by atoms with van der Waals surface area (Å²) in [6.07, 6.45) is 1.66. The molecule has 3 aromatic rings. The molecule has 1 aromatic heterocycles. The smallest absolute Gasteiger partial charge is 0.247 e. The first-order valence-corrected chi connectivity index (χ1v) is 12.1. The normalized spacial score (nSPS) is 19.3. The number of hydrogen-bond donors (Lipinski definition) is 1. The molecule has 2 amide bonds. The van der Waals surface area contributed by atoms with Gasteiger partial charge in [0.25, 0.3) is 0 Å². The van der Waals surface area contributed by atoms with E-state index in [1.54, 1.807) is 12.0 Å². The van der Waals surface area contributed by atoms with Crippen LogP contribution >= 0.6 is 0 Å². The molecule has 35 heavy (non-hydrogen) atoms. The van der Waals surface area contributed by atoms with Crippen LogP contribution in [-0.2, 0) is 20.9 Å². The molecule has 0 aliphatic carbocycles. The highest BCUT2D eigenvalue weighted by Crippen LogP contribution is 2.42. The molecule has 5 rings (SSSR count). The second kappa shape index (κ2) is 9.92. The number of aromatic nitrogens is 2. The molecule has 0 radical (unpaired) electrons. The van der Waals surface area contributed by atoms with Crippen molar-refractivity contribution < 1.29 is 14.3 Å². The molecule has 0 bridgehead atoms. The van der Waals surface area contributed by atoms with Crippen molar-refractivity contribution >= 4 is 17.6 Å². The summed E-state index contributed by atoms with van der Waals surface area (Å²) in [7, 11) is 1.61. The molecule has 1 saturated heterocycles. The van der Waals surface area contributed by atoms with Crippen LogP contribution in [0.1, 0.15) is 35.7 Å². The van der Waals surface area contributed by atoms with Crippen molar-refractivity contribution in [3.05, 3.63) is 77.5 Å². The first-order valence-electron chi connectivity index (χ1n) is 12.1. The van der Waals surface area contributed by atoms with Crippen molar-refractivity contribution in [1.29, 1.82) is 0 Å². The van der Waals surface area contributed by atoms with E-state index in [0.29, 0.717) is 19.7 Å². The molecular weight excluding hydrogens is 442 g/mol. The lowest BCUT2D eigenvalue weighted by atomic mass is 10.0. The third kappa shape index (κ3) is 4.30. The van der Waals surface area contributed by atoms with E-state index in [2.05, 4.69) is 10.2 Å². The second-order valence-electron chi connectivity index (χ2n) is 9.05. The number of carbonyl (C=O) groups is 2. The van der Waals surface area contributed by atoms with Crippen LogP contribution < -0.4 is 10.2 Å². The number of nitrogens with zero attached hydrogens (tertiary/aromatic N) is 4. The van der Waals surface area contributed by atoms with Crippen LogP contribution in [0.25, 0.3) is 5.69 Å². The number of fused-ring (bicyclic) bond motifs is 3. The molecule has 3 heterocycles. The first-order chi connectivity index (χ1) is 17.1. The van der Waals surface area contributed by atoms with E-state index in [1.165, 1.54) is 0 Å². The highest BCUT2D eigenvalue weighted by atomic mass is 16.5. The minimum Gasteiger partial charge on any atom is -0.383 e. The Kier molecular flexibility index (Phi) is 6.55. The fraction of sp³-hybridized carbons (Fsp3) is 0.370. The molecule has 0 spiro atoms. The van der Waals surface area contributed by atoms with Crippen molar-refractivity contribution in [2.75, 3.05) is 31.7 Å². The van der Waals surface area contributed by atoms with Gasteiger partial charge in [0.2, 0.25) is 11.8 Å². The van der Waals surface area contributed by atoms with Gasteiger partial charge in [-0.05, 0) is 37.5 Å². The maximum Gasteiger partial charge on any atom is 0.247 e. The van der Waals surface area contributed by atoms with E-state index in [9.17, 15) is 9.59 Å². The van der Waals surface area contributed by atoms with Crippen molar-refractivity contribution in [3.63, 3.8) is 0 Å². The van der Waals surface area contributed by atoms with Crippen molar-refractivity contribution in [2.45, 2.75) is 38.4 Å². The molecule has 182 valence electrons. The number of carbonyl (C=O) groups excluding carboxylic acids is 2. The quantitative estimate of drug-likeness (QED) is 0.571. The second-order valence-corrected chi connectivity index (χ2v) is 9.05. The molecule has 1 fully saturated rings. The van der Waals surface area contributed by atoms with Crippen molar-refractivity contribution in [3.8, 4) is 5.69 Å². The van der Waals surface area contributed by atoms with E-state index in [0.717, 1.165) is 47.7 Å². The fourth-order valence-electron chi connectivity index (χ4n) is 5.21. The van der Waals surface area contributed by atoms with E-state index >= 15 is 0 Å². The molecule has 0 saturated carbocycles. The van der Waals surface area contributed by atoms with Crippen LogP contribution in [-0.4, -0.2) is 59.3 Å². The SMILES string of the molecule is COCCN1C(=O)C2CCCN2c2c(c(C)nn2-c2ccccc2)C1C(=O)NCc1ccccc1. The van der Waals surface area contributed by atoms with Gasteiger partial charge in [0.15, 0.2) is 0 Å². The number of amides is 2. The van der Waals surface area contributed by atoms with Crippen LogP contribution in [0, 0.1) is 6.92 Å². The topological polar surface area (TPSA) is 79.7 Å². The zero-order chi connectivity index (χ0) is 24.4. The standard InChI is InChI=1S/C27H31N5O3/c1-19-23-24(25(33)28-18-20-10-5-3-6-11-20)31(16-17-35-2)27(34)22-14-9-15-30(22)26(23)32(29-19)21-12-7-4-8-13-21/h3-8,10-13,22,24H,9,14-18H2,1-2H3,(H,28,33). The number of benzene rings is 2. The molecular formula is C27H31N5O3. The predicted molar refractivity (Wildman–Crippen MR) is 133 cm³/mol. The Morgan fingerprint density at radius 2 is 1.83 bits per heavy atom. The summed E-state index contributed by atoms with van der Waals surface area (Å²) in [5.41, 5.74) is 3.44. The third-order valence-electron chi connectivity index (χ3n) is 6.85. The number of methoxy groups -OCH3 is 1. The lowest BCUT2D eigenvalue weighted by Gasteiger charge is -2.31. The summed E-state index contributed by atoms with van der Waals surface area (Å²) >= 11 is 0. The molecule has 8 heteroatoms. The van der Waals surface area contributed by atoms with Crippen LogP contribution in [0.4, 0.5) is 5.82 Å². The number of anilines is 1. The Labute approximate surface area is 205 Å². The Balaban J connectivity index is 1.62. The third-order valence-corrected chi connectivity index (χ3v) is 6.85. The molecule has 2 atom stereocenters. The fourth-order valence-corrected chi connectivity index (χ4v) is 5.21. The van der Waals surface area contributed by atoms with Crippen LogP contribution in [0.2, 0.25) is 0 Å². The van der Waals surface area contributed by atoms with Gasteiger partial charge in [-0.2, -0.15) is 5.10 Å². The summed E-state index contributed by atoms with van der Waals surface area (Å²) in [6, 6.07) is 18.6. The number of ether oxygens (including phenoxy) is 1. The van der Waals surface area contributed by atoms with E-state index in [4.69, 9.17) is 9.84 Å². The van der Waals surface area contributed by atoms with Gasteiger partial charge in [0.05, 0.1) is 18.0 Å². The molecule has 2 aliphatic heterocycles. The number of rotatable bonds is 7. The van der Waals surface area contributed by atoms with Crippen LogP contribution in [0.15, 0.2) is 60.7 Å². The summed E-state index contributed by atoms with van der Waals surface area (Å²) in [5, 5.41) is 7.96. The summed E-state index contributed by atoms with van der Waals surface area (Å²) in [5.74, 6) is 0.593. The van der Waals surface area contributed by atoms with Gasteiger partial charge in [-0.15, -0.1) is 0 Å². The number of aryl methyl sites for hydroxylation is 1. The van der Waals surface area contributed by atoms with Gasteiger partial charge < -0.3 is 19.9 Å². The Morgan fingerprint density at radius 1 is 1.11 bits per heavy atom. The zero-order valence-electron chi connectivity index (χ0n) is 20.2. The zero-order valence-corrected chi connectivity index (χ0v) is 20.2. The van der Waals surface area contributed by atoms with Crippen LogP contribution in [0.5, 0.6) is 0 Å². The Bertz CT molecular complexity index is 1190. The number of para-hydroxylation sites is 1. The van der Waals surface area contributed by atoms with E-state index in [-0.39, 0.29) is 17.9 Å². The largest absolute Gasteiger partial charge is 0.383 e. The van der Waals surface area contributed by atoms with E-state index in [1.807, 2.05) is 72.3 Å². The minimum atomic E-state index is -0.792. The highest BCUT2D eigenvalue weighted by Gasteiger charge is 2.47. The predicted octanol–water partition coefficient (Wildman–Crippen LogP) is 3.00. The molecule has 2 unspecified atom stereocenters. The van der Waals surface area contributed by atoms with Gasteiger partial charge in [0.1, 0.15) is 17.9 Å². The first kappa shape index (κ1) is 23.1. The van der Waals surface area contributed by atoms with Crippen molar-refractivity contribution in [2.24, 2.45) is 0 Å². The monoisotopic (exact) mass is 473 g/mol. The maximum atomic E-state index is 13.9. The highest BCUT2D eigenvalue weighted by molar-refractivity contribution is 5.96. The van der Waals surface area contributed by atoms with Crippen LogP contribution in [0.3, 0.4) is 0 Å². The van der Waals surface area contributed by atoms with Gasteiger partial charge in [0, 0.05) is 32.3 Å². The van der Waals surface area contributed by atoms with Gasteiger partial charge in [-0.1, -0.05) is 48.5 Å². The molecule has 8 nitrogen and oxygen atoms in total. The van der Waals surface area contributed by atoms with Gasteiger partial charge in [-0.25, -0.2) is 4.68 Å². The summed E-state index contributed by atoms with van der Waals surface area (Å²) in [4.78, 5) is 31.5. The average Bonchev–Trinajstić information content (AvgIpc) is 3.48. The average molecular weight is 474 g/mol. The summed E-state index contributed by atoms with van der Waals surface area (Å²) in [6.45, 7) is 3.74. The maximum absolute atomic E-state index is 13.9. The lowest BCUT2D eigenvalue weighted by Crippen LogP contribution is -2.49. The van der Waals surface area contributed by atoms with Gasteiger partial charge in [-0.3, -0.25) is 9.59 Å². The molecule has 2 aliphatic rings. The summed E-state index contributed by atoms with van der Waals surface area (Å²) < 4.78 is 7.23. The van der Waals surface area contributed by atoms with Crippen molar-refractivity contribution in [1.82, 2.24) is 20.0 Å². The van der Waals surface area contributed by atoms with E-state index < -0.39 is 6.04 Å². The molecule has 1 N–H and O–H groups in total. The Hall–Kier alpha value is -3.65. The number of hydrogen-bond acceptors (Lipinski definition) is 5. The molecule has 2 aromatic carbocycles. The Morgan fingerprint density at radius 3 is 2.54 bits per heavy atom.